The molecule has 1 atom stereocenters. The van der Waals surface area contributed by atoms with Crippen molar-refractivity contribution in [2.75, 3.05) is 11.9 Å². The lowest BCUT2D eigenvalue weighted by Crippen LogP contribution is -2.37. The molecule has 1 aromatic carbocycles. The van der Waals surface area contributed by atoms with Crippen LogP contribution in [-0.2, 0) is 6.54 Å². The predicted octanol–water partition coefficient (Wildman–Crippen LogP) is 1.54. The Balaban J connectivity index is 1.99. The molecule has 3 nitrogen and oxygen atoms in total. The van der Waals surface area contributed by atoms with E-state index < -0.39 is 0 Å². The van der Waals surface area contributed by atoms with Gasteiger partial charge in [-0.1, -0.05) is 30.4 Å². The van der Waals surface area contributed by atoms with Gasteiger partial charge in [-0.25, -0.2) is 0 Å². The normalized spacial score (nSPS) is 23.2. The summed E-state index contributed by atoms with van der Waals surface area (Å²) in [6.45, 7) is 1.67. The lowest BCUT2D eigenvalue weighted by molar-refractivity contribution is 0.699. The summed E-state index contributed by atoms with van der Waals surface area (Å²) in [6, 6.07) is 8.59. The number of amidine groups is 1. The van der Waals surface area contributed by atoms with Crippen molar-refractivity contribution in [1.82, 2.24) is 5.32 Å². The molecule has 0 radical (unpaired) electrons. The van der Waals surface area contributed by atoms with Crippen molar-refractivity contribution in [3.05, 3.63) is 42.0 Å². The fourth-order valence-corrected chi connectivity index (χ4v) is 1.97. The van der Waals surface area contributed by atoms with E-state index in [1.807, 2.05) is 6.07 Å². The Labute approximate surface area is 88.9 Å². The molecule has 2 N–H and O–H groups in total. The summed E-state index contributed by atoms with van der Waals surface area (Å²) in [5.41, 5.74) is 2.46. The Morgan fingerprint density at radius 2 is 2.20 bits per heavy atom. The predicted molar refractivity (Wildman–Crippen MR) is 62.1 cm³/mol. The molecule has 76 valence electrons. The van der Waals surface area contributed by atoms with Gasteiger partial charge < -0.3 is 5.32 Å². The van der Waals surface area contributed by atoms with Gasteiger partial charge >= 0.3 is 0 Å². The van der Waals surface area contributed by atoms with E-state index in [0.717, 1.165) is 18.9 Å². The lowest BCUT2D eigenvalue weighted by atomic mass is 10.2. The van der Waals surface area contributed by atoms with Crippen molar-refractivity contribution in [3.63, 3.8) is 0 Å². The zero-order chi connectivity index (χ0) is 10.1. The topological polar surface area (TPSA) is 36.4 Å². The van der Waals surface area contributed by atoms with E-state index >= 15 is 0 Å². The summed E-state index contributed by atoms with van der Waals surface area (Å²) in [4.78, 5) is 4.47. The van der Waals surface area contributed by atoms with Crippen molar-refractivity contribution < 1.29 is 0 Å². The highest BCUT2D eigenvalue weighted by Gasteiger charge is 2.19. The molecular weight excluding hydrogens is 186 g/mol. The molecule has 0 aliphatic carbocycles. The molecule has 2 aliphatic rings. The molecule has 15 heavy (non-hydrogen) atoms. The van der Waals surface area contributed by atoms with Crippen molar-refractivity contribution in [2.24, 2.45) is 4.99 Å². The second kappa shape index (κ2) is 3.51. The number of para-hydroxylation sites is 1. The second-order valence-corrected chi connectivity index (χ2v) is 3.79. The molecule has 3 heteroatoms. The molecular formula is C12H13N3. The smallest absolute Gasteiger partial charge is 0.122 e. The summed E-state index contributed by atoms with van der Waals surface area (Å²) in [5.74, 6) is 1.03. The van der Waals surface area contributed by atoms with Crippen molar-refractivity contribution in [1.29, 1.82) is 0 Å². The maximum atomic E-state index is 4.47. The minimum absolute atomic E-state index is 0.242. The van der Waals surface area contributed by atoms with Gasteiger partial charge in [-0.2, -0.15) is 0 Å². The number of benzene rings is 1. The first-order valence-corrected chi connectivity index (χ1v) is 5.23. The summed E-state index contributed by atoms with van der Waals surface area (Å²) in [5, 5.41) is 6.86. The van der Waals surface area contributed by atoms with Crippen molar-refractivity contribution in [2.45, 2.75) is 12.6 Å². The van der Waals surface area contributed by atoms with E-state index in [2.05, 4.69) is 46.0 Å². The first-order chi connectivity index (χ1) is 7.43. The van der Waals surface area contributed by atoms with Gasteiger partial charge in [0.1, 0.15) is 5.84 Å². The molecule has 2 aliphatic heterocycles. The van der Waals surface area contributed by atoms with Gasteiger partial charge in [-0.15, -0.1) is 0 Å². The summed E-state index contributed by atoms with van der Waals surface area (Å²) < 4.78 is 0. The van der Waals surface area contributed by atoms with E-state index in [0.29, 0.717) is 0 Å². The molecule has 0 fully saturated rings. The SMILES string of the molecule is C1=CC2NCc3ccccc3NC2=NC1. The number of dihydropyridines is 1. The fraction of sp³-hybridized carbons (Fsp3) is 0.250. The molecule has 1 unspecified atom stereocenters. The highest BCUT2D eigenvalue weighted by molar-refractivity contribution is 6.02. The zero-order valence-electron chi connectivity index (χ0n) is 8.40. The van der Waals surface area contributed by atoms with Gasteiger partial charge in [0.15, 0.2) is 0 Å². The summed E-state index contributed by atoms with van der Waals surface area (Å²) in [6.07, 6.45) is 4.26. The van der Waals surface area contributed by atoms with Crippen LogP contribution in [0.1, 0.15) is 5.56 Å². The third kappa shape index (κ3) is 1.55. The molecule has 0 amide bonds. The molecule has 0 bridgehead atoms. The molecule has 3 rings (SSSR count). The third-order valence-corrected chi connectivity index (χ3v) is 2.78. The number of rotatable bonds is 0. The van der Waals surface area contributed by atoms with Gasteiger partial charge in [-0.05, 0) is 11.6 Å². The zero-order valence-corrected chi connectivity index (χ0v) is 8.40. The van der Waals surface area contributed by atoms with Crippen LogP contribution in [-0.4, -0.2) is 18.4 Å². The van der Waals surface area contributed by atoms with E-state index in [4.69, 9.17) is 0 Å². The van der Waals surface area contributed by atoms with Crippen LogP contribution in [0.25, 0.3) is 0 Å². The second-order valence-electron chi connectivity index (χ2n) is 3.79. The largest absolute Gasteiger partial charge is 0.342 e. The lowest BCUT2D eigenvalue weighted by Gasteiger charge is -2.17. The number of fused-ring (bicyclic) bond motifs is 2. The number of nitrogens with one attached hydrogen (secondary N) is 2. The fourth-order valence-electron chi connectivity index (χ4n) is 1.97. The van der Waals surface area contributed by atoms with Gasteiger partial charge in [-0.3, -0.25) is 10.3 Å². The van der Waals surface area contributed by atoms with Gasteiger partial charge in [0, 0.05) is 12.2 Å². The standard InChI is InChI=1S/C12H13N3/c1-2-5-10-9(4-1)8-14-11-6-3-7-13-12(11)15-10/h1-6,11,14H,7-8H2,(H,13,15). The molecule has 2 heterocycles. The Morgan fingerprint density at radius 1 is 1.27 bits per heavy atom. The average molecular weight is 199 g/mol. The molecule has 0 aromatic heterocycles. The maximum absolute atomic E-state index is 4.47. The highest BCUT2D eigenvalue weighted by atomic mass is 15.1. The number of aliphatic imine (C=N–C) groups is 1. The van der Waals surface area contributed by atoms with Gasteiger partial charge in [0.2, 0.25) is 0 Å². The van der Waals surface area contributed by atoms with Crippen LogP contribution in [0.15, 0.2) is 41.4 Å². The van der Waals surface area contributed by atoms with Crippen LogP contribution in [0.5, 0.6) is 0 Å². The number of hydrogen-bond donors (Lipinski definition) is 2. The Hall–Kier alpha value is -1.61. The maximum Gasteiger partial charge on any atom is 0.122 e. The van der Waals surface area contributed by atoms with Gasteiger partial charge in [0.05, 0.1) is 12.6 Å². The minimum Gasteiger partial charge on any atom is -0.342 e. The first-order valence-electron chi connectivity index (χ1n) is 5.23. The quantitative estimate of drug-likeness (QED) is 0.622. The monoisotopic (exact) mass is 199 g/mol. The van der Waals surface area contributed by atoms with Crippen molar-refractivity contribution >= 4 is 11.5 Å². The number of anilines is 1. The Morgan fingerprint density at radius 3 is 3.20 bits per heavy atom. The molecule has 0 saturated heterocycles. The summed E-state index contributed by atoms with van der Waals surface area (Å²) in [7, 11) is 0. The average Bonchev–Trinajstić information content (AvgIpc) is 2.48. The minimum atomic E-state index is 0.242. The van der Waals surface area contributed by atoms with Crippen LogP contribution in [0.3, 0.4) is 0 Å². The number of nitrogens with zero attached hydrogens (tertiary/aromatic N) is 1. The number of hydrogen-bond acceptors (Lipinski definition) is 3. The Kier molecular flexibility index (Phi) is 2.03. The van der Waals surface area contributed by atoms with Crippen LogP contribution in [0.2, 0.25) is 0 Å². The van der Waals surface area contributed by atoms with E-state index in [-0.39, 0.29) is 6.04 Å². The molecule has 1 aromatic rings. The van der Waals surface area contributed by atoms with E-state index in [1.165, 1.54) is 11.3 Å². The van der Waals surface area contributed by atoms with Crippen molar-refractivity contribution in [3.8, 4) is 0 Å². The Bertz CT molecular complexity index is 434. The van der Waals surface area contributed by atoms with E-state index in [1.54, 1.807) is 0 Å². The van der Waals surface area contributed by atoms with Crippen LogP contribution >= 0.6 is 0 Å². The van der Waals surface area contributed by atoms with Crippen LogP contribution in [0, 0.1) is 0 Å². The highest BCUT2D eigenvalue weighted by Crippen LogP contribution is 2.19. The summed E-state index contributed by atoms with van der Waals surface area (Å²) >= 11 is 0. The third-order valence-electron chi connectivity index (χ3n) is 2.78. The van der Waals surface area contributed by atoms with Crippen LogP contribution in [0.4, 0.5) is 5.69 Å². The first kappa shape index (κ1) is 8.68. The van der Waals surface area contributed by atoms with E-state index in [9.17, 15) is 0 Å². The van der Waals surface area contributed by atoms with Gasteiger partial charge in [0.25, 0.3) is 0 Å². The molecule has 0 spiro atoms. The van der Waals surface area contributed by atoms with Crippen LogP contribution < -0.4 is 10.6 Å². The molecule has 0 saturated carbocycles.